The van der Waals surface area contributed by atoms with Gasteiger partial charge in [0.2, 0.25) is 0 Å². The molecule has 1 heterocycles. The predicted molar refractivity (Wildman–Crippen MR) is 127 cm³/mol. The van der Waals surface area contributed by atoms with Gasteiger partial charge < -0.3 is 14.6 Å². The van der Waals surface area contributed by atoms with Crippen molar-refractivity contribution in [1.82, 2.24) is 0 Å². The normalized spacial score (nSPS) is 16.9. The molecule has 3 aromatic carbocycles. The van der Waals surface area contributed by atoms with Gasteiger partial charge in [0.1, 0.15) is 17.3 Å². The van der Waals surface area contributed by atoms with Crippen LogP contribution in [0.3, 0.4) is 0 Å². The van der Waals surface area contributed by atoms with Gasteiger partial charge in [0.05, 0.1) is 42.5 Å². The molecule has 4 rings (SSSR count). The van der Waals surface area contributed by atoms with Crippen molar-refractivity contribution in [3.8, 4) is 17.6 Å². The number of ketones is 1. The Labute approximate surface area is 201 Å². The molecule has 1 N–H and O–H groups in total. The SMILES string of the molecule is COc1ccc(C2/C(=C(/O)c3ccc(Cl)c(OC)c3)C(=O)C(=O)N2c2ccc(C#N)cc2)cc1. The third-order valence-electron chi connectivity index (χ3n) is 5.58. The average molecular weight is 475 g/mol. The van der Waals surface area contributed by atoms with E-state index in [1.807, 2.05) is 6.07 Å². The van der Waals surface area contributed by atoms with E-state index >= 15 is 0 Å². The molecule has 8 heteroatoms. The highest BCUT2D eigenvalue weighted by Gasteiger charge is 2.47. The highest BCUT2D eigenvalue weighted by Crippen LogP contribution is 2.43. The van der Waals surface area contributed by atoms with Crippen LogP contribution in [0.15, 0.2) is 72.3 Å². The zero-order valence-corrected chi connectivity index (χ0v) is 19.0. The fraction of sp³-hybridized carbons (Fsp3) is 0.115. The smallest absolute Gasteiger partial charge is 0.300 e. The number of anilines is 1. The summed E-state index contributed by atoms with van der Waals surface area (Å²) >= 11 is 6.11. The number of benzene rings is 3. The molecule has 1 fully saturated rings. The molecular formula is C26H19ClN2O5. The van der Waals surface area contributed by atoms with Crippen molar-refractivity contribution in [2.45, 2.75) is 6.04 Å². The monoisotopic (exact) mass is 474 g/mol. The van der Waals surface area contributed by atoms with Crippen LogP contribution in [0, 0.1) is 11.3 Å². The minimum absolute atomic E-state index is 0.0797. The van der Waals surface area contributed by atoms with Crippen LogP contribution < -0.4 is 14.4 Å². The number of nitriles is 1. The number of Topliss-reactive ketones (excluding diaryl/α,β-unsaturated/α-hetero) is 1. The van der Waals surface area contributed by atoms with Gasteiger partial charge in [0.25, 0.3) is 11.7 Å². The molecule has 1 unspecified atom stereocenters. The van der Waals surface area contributed by atoms with Crippen molar-refractivity contribution >= 4 is 34.7 Å². The molecule has 0 aromatic heterocycles. The van der Waals surface area contributed by atoms with Gasteiger partial charge in [-0.2, -0.15) is 5.26 Å². The number of aliphatic hydroxyl groups is 1. The van der Waals surface area contributed by atoms with E-state index in [4.69, 9.17) is 26.3 Å². The predicted octanol–water partition coefficient (Wildman–Crippen LogP) is 4.86. The molecule has 0 spiro atoms. The summed E-state index contributed by atoms with van der Waals surface area (Å²) in [6, 6.07) is 18.8. The number of hydrogen-bond donors (Lipinski definition) is 1. The second kappa shape index (κ2) is 9.30. The van der Waals surface area contributed by atoms with Gasteiger partial charge in [-0.15, -0.1) is 0 Å². The van der Waals surface area contributed by atoms with Gasteiger partial charge in [-0.3, -0.25) is 14.5 Å². The highest BCUT2D eigenvalue weighted by atomic mass is 35.5. The Morgan fingerprint density at radius 3 is 2.26 bits per heavy atom. The molecule has 0 bridgehead atoms. The minimum Gasteiger partial charge on any atom is -0.507 e. The Morgan fingerprint density at radius 1 is 1.00 bits per heavy atom. The summed E-state index contributed by atoms with van der Waals surface area (Å²) < 4.78 is 10.5. The molecule has 1 amide bonds. The van der Waals surface area contributed by atoms with Gasteiger partial charge in [-0.05, 0) is 60.2 Å². The van der Waals surface area contributed by atoms with Crippen LogP contribution in [0.4, 0.5) is 5.69 Å². The van der Waals surface area contributed by atoms with E-state index in [9.17, 15) is 14.7 Å². The van der Waals surface area contributed by atoms with Crippen molar-refractivity contribution in [3.63, 3.8) is 0 Å². The number of carbonyl (C=O) groups excluding carboxylic acids is 2. The van der Waals surface area contributed by atoms with Crippen LogP contribution in [0.2, 0.25) is 5.02 Å². The number of halogens is 1. The van der Waals surface area contributed by atoms with Gasteiger partial charge in [-0.25, -0.2) is 0 Å². The lowest BCUT2D eigenvalue weighted by Crippen LogP contribution is -2.29. The van der Waals surface area contributed by atoms with Crippen LogP contribution in [0.1, 0.15) is 22.7 Å². The molecule has 3 aromatic rings. The zero-order chi connectivity index (χ0) is 24.4. The second-order valence-electron chi connectivity index (χ2n) is 7.45. The van der Waals surface area contributed by atoms with Gasteiger partial charge in [-0.1, -0.05) is 23.7 Å². The number of nitrogens with zero attached hydrogens (tertiary/aromatic N) is 2. The van der Waals surface area contributed by atoms with Crippen molar-refractivity contribution in [2.75, 3.05) is 19.1 Å². The minimum atomic E-state index is -0.916. The molecular weight excluding hydrogens is 456 g/mol. The van der Waals surface area contributed by atoms with E-state index in [1.165, 1.54) is 31.3 Å². The molecule has 0 saturated carbocycles. The highest BCUT2D eigenvalue weighted by molar-refractivity contribution is 6.51. The topological polar surface area (TPSA) is 99.9 Å². The van der Waals surface area contributed by atoms with Crippen LogP contribution >= 0.6 is 11.6 Å². The molecule has 1 aliphatic heterocycles. The van der Waals surface area contributed by atoms with Crippen LogP contribution in [0.25, 0.3) is 5.76 Å². The lowest BCUT2D eigenvalue weighted by Gasteiger charge is -2.25. The first-order valence-corrected chi connectivity index (χ1v) is 10.6. The van der Waals surface area contributed by atoms with Crippen LogP contribution in [-0.4, -0.2) is 31.0 Å². The molecule has 1 saturated heterocycles. The molecule has 0 radical (unpaired) electrons. The first kappa shape index (κ1) is 22.9. The van der Waals surface area contributed by atoms with E-state index in [1.54, 1.807) is 54.6 Å². The number of rotatable bonds is 5. The van der Waals surface area contributed by atoms with Gasteiger partial charge >= 0.3 is 0 Å². The molecule has 34 heavy (non-hydrogen) atoms. The molecule has 7 nitrogen and oxygen atoms in total. The van der Waals surface area contributed by atoms with E-state index in [2.05, 4.69) is 0 Å². The van der Waals surface area contributed by atoms with E-state index in [-0.39, 0.29) is 16.9 Å². The number of carbonyl (C=O) groups is 2. The Bertz CT molecular complexity index is 1340. The summed E-state index contributed by atoms with van der Waals surface area (Å²) in [6.07, 6.45) is 0. The van der Waals surface area contributed by atoms with Crippen LogP contribution in [0.5, 0.6) is 11.5 Å². The quantitative estimate of drug-likeness (QED) is 0.322. The summed E-state index contributed by atoms with van der Waals surface area (Å²) in [4.78, 5) is 27.7. The molecule has 0 aliphatic carbocycles. The fourth-order valence-electron chi connectivity index (χ4n) is 3.86. The summed E-state index contributed by atoms with van der Waals surface area (Å²) in [5, 5.41) is 20.7. The maximum Gasteiger partial charge on any atom is 0.300 e. The Hall–Kier alpha value is -4.28. The summed E-state index contributed by atoms with van der Waals surface area (Å²) in [7, 11) is 2.97. The second-order valence-corrected chi connectivity index (χ2v) is 7.86. The lowest BCUT2D eigenvalue weighted by atomic mass is 9.95. The van der Waals surface area contributed by atoms with Crippen LogP contribution in [-0.2, 0) is 9.59 Å². The summed E-state index contributed by atoms with van der Waals surface area (Å²) in [5.74, 6) is -1.08. The Kier molecular flexibility index (Phi) is 6.26. The lowest BCUT2D eigenvalue weighted by molar-refractivity contribution is -0.132. The number of methoxy groups -OCH3 is 2. The summed E-state index contributed by atoms with van der Waals surface area (Å²) in [5.41, 5.74) is 1.61. The standard InChI is InChI=1S/C26H19ClN2O5/c1-33-19-10-5-16(6-11-19)23-22(24(30)17-7-12-20(27)21(13-17)34-2)25(31)26(32)29(23)18-8-3-15(14-28)4-9-18/h3-13,23,30H,1-2H3/b24-22-. The number of amides is 1. The number of hydrogen-bond acceptors (Lipinski definition) is 6. The van der Waals surface area contributed by atoms with Crippen molar-refractivity contribution in [2.24, 2.45) is 0 Å². The van der Waals surface area contributed by atoms with E-state index < -0.39 is 17.7 Å². The number of ether oxygens (including phenoxy) is 2. The molecule has 1 aliphatic rings. The van der Waals surface area contributed by atoms with Gasteiger partial charge in [0.15, 0.2) is 0 Å². The Balaban J connectivity index is 1.93. The molecule has 1 atom stereocenters. The summed E-state index contributed by atoms with van der Waals surface area (Å²) in [6.45, 7) is 0. The maximum atomic E-state index is 13.2. The first-order chi connectivity index (χ1) is 16.4. The largest absolute Gasteiger partial charge is 0.507 e. The average Bonchev–Trinajstić information content (AvgIpc) is 3.14. The van der Waals surface area contributed by atoms with Crippen molar-refractivity contribution < 1.29 is 24.2 Å². The molecule has 170 valence electrons. The number of aliphatic hydroxyl groups excluding tert-OH is 1. The van der Waals surface area contributed by atoms with Crippen molar-refractivity contribution in [3.05, 3.63) is 94.0 Å². The third kappa shape index (κ3) is 3.96. The Morgan fingerprint density at radius 2 is 1.68 bits per heavy atom. The van der Waals surface area contributed by atoms with E-state index in [0.717, 1.165) is 0 Å². The first-order valence-electron chi connectivity index (χ1n) is 10.2. The maximum absolute atomic E-state index is 13.2. The fourth-order valence-corrected chi connectivity index (χ4v) is 4.05. The zero-order valence-electron chi connectivity index (χ0n) is 18.3. The van der Waals surface area contributed by atoms with Gasteiger partial charge in [0, 0.05) is 11.3 Å². The van der Waals surface area contributed by atoms with E-state index in [0.29, 0.717) is 33.3 Å². The van der Waals surface area contributed by atoms with Crippen molar-refractivity contribution in [1.29, 1.82) is 5.26 Å². The third-order valence-corrected chi connectivity index (χ3v) is 5.89.